The van der Waals surface area contributed by atoms with Gasteiger partial charge in [0.2, 0.25) is 0 Å². The number of hydrogen-bond acceptors (Lipinski definition) is 5. The van der Waals surface area contributed by atoms with Crippen molar-refractivity contribution in [3.05, 3.63) is 78.1 Å². The molecule has 2 aromatic rings. The molecule has 2 aromatic carbocycles. The Kier molecular flexibility index (Phi) is 7.34. The lowest BCUT2D eigenvalue weighted by Gasteiger charge is -2.04. The van der Waals surface area contributed by atoms with Crippen LogP contribution in [-0.2, 0) is 9.59 Å². The molecule has 0 amide bonds. The largest absolute Gasteiger partial charge is 0.504 e. The van der Waals surface area contributed by atoms with Crippen molar-refractivity contribution in [3.8, 4) is 17.2 Å². The van der Waals surface area contributed by atoms with E-state index in [9.17, 15) is 14.7 Å². The fourth-order valence-corrected chi connectivity index (χ4v) is 2.46. The second-order valence-electron chi connectivity index (χ2n) is 6.02. The predicted octanol–water partition coefficient (Wildman–Crippen LogP) is 4.49. The fourth-order valence-electron chi connectivity index (χ4n) is 2.46. The van der Waals surface area contributed by atoms with Crippen LogP contribution in [0.3, 0.4) is 0 Å². The van der Waals surface area contributed by atoms with Crippen LogP contribution in [0.25, 0.3) is 12.2 Å². The molecule has 0 heterocycles. The van der Waals surface area contributed by atoms with Crippen LogP contribution in [0.2, 0.25) is 0 Å². The van der Waals surface area contributed by atoms with E-state index in [-0.39, 0.29) is 23.7 Å². The number of aryl methyl sites for hydroxylation is 1. The van der Waals surface area contributed by atoms with Gasteiger partial charge in [0.25, 0.3) is 0 Å². The van der Waals surface area contributed by atoms with Crippen molar-refractivity contribution in [1.82, 2.24) is 0 Å². The highest BCUT2D eigenvalue weighted by molar-refractivity contribution is 6.10. The minimum absolute atomic E-state index is 0.0191. The number of ketones is 2. The molecule has 0 radical (unpaired) electrons. The zero-order valence-electron chi connectivity index (χ0n) is 15.8. The van der Waals surface area contributed by atoms with Gasteiger partial charge in [-0.05, 0) is 60.0 Å². The number of carbonyl (C=O) groups is 2. The normalized spacial score (nSPS) is 10.9. The molecule has 0 aliphatic rings. The van der Waals surface area contributed by atoms with Crippen LogP contribution in [0, 0.1) is 6.92 Å². The number of rotatable bonds is 9. The van der Waals surface area contributed by atoms with E-state index in [1.54, 1.807) is 30.4 Å². The molecule has 0 spiro atoms. The highest BCUT2D eigenvalue weighted by atomic mass is 16.5. The maximum Gasteiger partial charge on any atom is 0.163 e. The van der Waals surface area contributed by atoms with E-state index in [2.05, 4.69) is 6.58 Å². The second-order valence-corrected chi connectivity index (χ2v) is 6.02. The van der Waals surface area contributed by atoms with Crippen LogP contribution in [-0.4, -0.2) is 23.8 Å². The molecule has 0 saturated carbocycles. The van der Waals surface area contributed by atoms with E-state index in [1.165, 1.54) is 31.6 Å². The maximum atomic E-state index is 12.0. The molecule has 0 aliphatic heterocycles. The average molecular weight is 378 g/mol. The number of methoxy groups -OCH3 is 1. The number of carbonyl (C=O) groups excluding carboxylic acids is 2. The molecule has 5 nitrogen and oxygen atoms in total. The predicted molar refractivity (Wildman–Crippen MR) is 109 cm³/mol. The van der Waals surface area contributed by atoms with E-state index < -0.39 is 0 Å². The summed E-state index contributed by atoms with van der Waals surface area (Å²) < 4.78 is 10.3. The van der Waals surface area contributed by atoms with Crippen LogP contribution in [0.1, 0.15) is 23.1 Å². The van der Waals surface area contributed by atoms with Crippen molar-refractivity contribution in [3.63, 3.8) is 0 Å². The molecule has 144 valence electrons. The standard InChI is InChI=1S/C23H22O5/c1-4-28-22-12-8-17(13-16(22)2)5-9-19(24)15-20(25)10-6-18-7-11-21(26)23(14-18)27-3/h4-14,26H,1,15H2,2-3H3/b9-5+,10-6+. The molecule has 0 unspecified atom stereocenters. The fraction of sp³-hybridized carbons (Fsp3) is 0.130. The number of allylic oxidation sites excluding steroid dienone is 2. The molecule has 2 rings (SSSR count). The van der Waals surface area contributed by atoms with Gasteiger partial charge in [-0.15, -0.1) is 0 Å². The van der Waals surface area contributed by atoms with E-state index >= 15 is 0 Å². The number of phenols is 1. The number of benzene rings is 2. The molecular weight excluding hydrogens is 356 g/mol. The monoisotopic (exact) mass is 378 g/mol. The number of ether oxygens (including phenoxy) is 2. The Morgan fingerprint density at radius 3 is 2.18 bits per heavy atom. The Morgan fingerprint density at radius 2 is 1.61 bits per heavy atom. The Bertz CT molecular complexity index is 938. The lowest BCUT2D eigenvalue weighted by molar-refractivity contribution is -0.121. The SMILES string of the molecule is C=COc1ccc(/C=C/C(=O)CC(=O)/C=C/c2ccc(O)c(OC)c2)cc1C. The second kappa shape index (κ2) is 9.92. The van der Waals surface area contributed by atoms with Crippen molar-refractivity contribution in [2.24, 2.45) is 0 Å². The van der Waals surface area contributed by atoms with Crippen LogP contribution in [0.4, 0.5) is 0 Å². The molecule has 5 heteroatoms. The summed E-state index contributed by atoms with van der Waals surface area (Å²) in [5.41, 5.74) is 2.43. The number of aromatic hydroxyl groups is 1. The van der Waals surface area contributed by atoms with Crippen LogP contribution in [0.15, 0.2) is 61.4 Å². The molecule has 0 aliphatic carbocycles. The highest BCUT2D eigenvalue weighted by Gasteiger charge is 2.05. The third-order valence-electron chi connectivity index (χ3n) is 3.88. The zero-order chi connectivity index (χ0) is 20.5. The first-order valence-corrected chi connectivity index (χ1v) is 8.60. The van der Waals surface area contributed by atoms with Gasteiger partial charge in [0, 0.05) is 0 Å². The van der Waals surface area contributed by atoms with Gasteiger partial charge in [0.05, 0.1) is 19.8 Å². The number of hydrogen-bond donors (Lipinski definition) is 1. The van der Waals surface area contributed by atoms with Gasteiger partial charge in [0.1, 0.15) is 5.75 Å². The summed E-state index contributed by atoms with van der Waals surface area (Å²) in [6, 6.07) is 10.2. The van der Waals surface area contributed by atoms with Gasteiger partial charge < -0.3 is 14.6 Å². The third kappa shape index (κ3) is 5.99. The van der Waals surface area contributed by atoms with Crippen LogP contribution >= 0.6 is 0 Å². The Balaban J connectivity index is 1.95. The van der Waals surface area contributed by atoms with Crippen molar-refractivity contribution in [2.45, 2.75) is 13.3 Å². The molecule has 28 heavy (non-hydrogen) atoms. The topological polar surface area (TPSA) is 72.8 Å². The van der Waals surface area contributed by atoms with E-state index in [4.69, 9.17) is 9.47 Å². The van der Waals surface area contributed by atoms with Crippen molar-refractivity contribution >= 4 is 23.7 Å². The van der Waals surface area contributed by atoms with Gasteiger partial charge in [0.15, 0.2) is 23.1 Å². The van der Waals surface area contributed by atoms with Gasteiger partial charge in [-0.25, -0.2) is 0 Å². The molecule has 0 saturated heterocycles. The minimum Gasteiger partial charge on any atom is -0.504 e. The average Bonchev–Trinajstić information content (AvgIpc) is 2.67. The Morgan fingerprint density at radius 1 is 1.00 bits per heavy atom. The van der Waals surface area contributed by atoms with Gasteiger partial charge in [-0.3, -0.25) is 9.59 Å². The molecular formula is C23H22O5. The molecule has 0 atom stereocenters. The first kappa shape index (κ1) is 20.7. The van der Waals surface area contributed by atoms with Crippen molar-refractivity contribution in [2.75, 3.05) is 7.11 Å². The maximum absolute atomic E-state index is 12.0. The van der Waals surface area contributed by atoms with Crippen molar-refractivity contribution < 1.29 is 24.2 Å². The quantitative estimate of drug-likeness (QED) is 0.395. The Labute approximate surface area is 164 Å². The summed E-state index contributed by atoms with van der Waals surface area (Å²) in [6.45, 7) is 5.41. The minimum atomic E-state index is -0.312. The first-order valence-electron chi connectivity index (χ1n) is 8.60. The summed E-state index contributed by atoms with van der Waals surface area (Å²) in [6.07, 6.45) is 7.09. The van der Waals surface area contributed by atoms with Gasteiger partial charge in [-0.1, -0.05) is 30.9 Å². The Hall–Kier alpha value is -3.60. The lowest BCUT2D eigenvalue weighted by atomic mass is 10.1. The van der Waals surface area contributed by atoms with E-state index in [0.29, 0.717) is 17.1 Å². The third-order valence-corrected chi connectivity index (χ3v) is 3.88. The van der Waals surface area contributed by atoms with Crippen LogP contribution < -0.4 is 9.47 Å². The first-order chi connectivity index (χ1) is 13.4. The summed E-state index contributed by atoms with van der Waals surface area (Å²) in [5.74, 6) is 0.429. The number of phenolic OH excluding ortho intramolecular Hbond substituents is 1. The van der Waals surface area contributed by atoms with E-state index in [1.807, 2.05) is 19.1 Å². The van der Waals surface area contributed by atoms with E-state index in [0.717, 1.165) is 11.1 Å². The lowest BCUT2D eigenvalue weighted by Crippen LogP contribution is -2.01. The zero-order valence-corrected chi connectivity index (χ0v) is 15.8. The smallest absolute Gasteiger partial charge is 0.163 e. The highest BCUT2D eigenvalue weighted by Crippen LogP contribution is 2.26. The molecule has 0 aromatic heterocycles. The van der Waals surface area contributed by atoms with Gasteiger partial charge in [-0.2, -0.15) is 0 Å². The van der Waals surface area contributed by atoms with Gasteiger partial charge >= 0.3 is 0 Å². The molecule has 0 bridgehead atoms. The molecule has 0 fully saturated rings. The van der Waals surface area contributed by atoms with Crippen LogP contribution in [0.5, 0.6) is 17.2 Å². The van der Waals surface area contributed by atoms with Crippen molar-refractivity contribution in [1.29, 1.82) is 0 Å². The summed E-state index contributed by atoms with van der Waals surface area (Å²) >= 11 is 0. The summed E-state index contributed by atoms with van der Waals surface area (Å²) in [7, 11) is 1.44. The summed E-state index contributed by atoms with van der Waals surface area (Å²) in [4.78, 5) is 24.0. The summed E-state index contributed by atoms with van der Waals surface area (Å²) in [5, 5.41) is 9.56. The molecule has 1 N–H and O–H groups in total.